The normalized spacial score (nSPS) is 34.8. The Balaban J connectivity index is 2.92. The topological polar surface area (TPSA) is 99.4 Å². The highest BCUT2D eigenvalue weighted by Gasteiger charge is 2.52. The molecule has 0 aromatic heterocycles. The van der Waals surface area contributed by atoms with Crippen LogP contribution in [0.5, 0.6) is 0 Å². The fourth-order valence-corrected chi connectivity index (χ4v) is 11.5. The van der Waals surface area contributed by atoms with Gasteiger partial charge in [-0.2, -0.15) is 0 Å². The van der Waals surface area contributed by atoms with E-state index in [2.05, 4.69) is 19.7 Å². The molecule has 1 heterocycles. The van der Waals surface area contributed by atoms with Crippen LogP contribution in [-0.4, -0.2) is 73.8 Å². The average Bonchev–Trinajstić information content (AvgIpc) is 2.34. The van der Waals surface area contributed by atoms with Crippen molar-refractivity contribution in [2.45, 2.75) is 62.4 Å². The third-order valence-electron chi connectivity index (χ3n) is 3.75. The van der Waals surface area contributed by atoms with Gasteiger partial charge >= 0.3 is 0 Å². The lowest BCUT2D eigenvalue weighted by Crippen LogP contribution is -2.67. The van der Waals surface area contributed by atoms with Gasteiger partial charge in [-0.3, -0.25) is 0 Å². The maximum Gasteiger partial charge on any atom is 0.206 e. The molecule has 4 N–H and O–H groups in total. The summed E-state index contributed by atoms with van der Waals surface area (Å²) in [6.07, 6.45) is -2.96. The number of hydrogen-bond acceptors (Lipinski definition) is 6. The van der Waals surface area contributed by atoms with Gasteiger partial charge in [0, 0.05) is 0 Å². The first-order chi connectivity index (χ1) is 9.55. The monoisotopic (exact) mass is 336 g/mol. The Kier molecular flexibility index (Phi) is 6.33. The number of ether oxygens (including phenoxy) is 1. The van der Waals surface area contributed by atoms with Gasteiger partial charge in [-0.1, -0.05) is 6.08 Å². The van der Waals surface area contributed by atoms with Gasteiger partial charge in [-0.25, -0.2) is 0 Å². The molecule has 8 heteroatoms. The van der Waals surface area contributed by atoms with E-state index in [-0.39, 0.29) is 0 Å². The lowest BCUT2D eigenvalue weighted by atomic mass is 10.0. The van der Waals surface area contributed by atoms with Crippen LogP contribution in [0.2, 0.25) is 32.2 Å². The van der Waals surface area contributed by atoms with Gasteiger partial charge in [0.15, 0.2) is 8.32 Å². The van der Waals surface area contributed by atoms with Crippen LogP contribution in [0.4, 0.5) is 0 Å². The van der Waals surface area contributed by atoms with E-state index < -0.39 is 53.4 Å². The minimum atomic E-state index is -2.51. The van der Waals surface area contributed by atoms with Crippen LogP contribution in [0.15, 0.2) is 12.7 Å². The van der Waals surface area contributed by atoms with E-state index in [4.69, 9.17) is 8.85 Å². The standard InChI is InChI=1S/C13H28O6Si2/c1-6-7-20(2,3)19-21(4,5)13-12(17)11(16)10(15)9(8-14)18-13/h6,9-17H,1,7-8H2,2-5H3/t9-,10-,11+,12-,13+/m1/s1. The first-order valence-corrected chi connectivity index (χ1v) is 13.3. The van der Waals surface area contributed by atoms with Crippen LogP contribution in [-0.2, 0) is 8.85 Å². The molecule has 0 saturated carbocycles. The molecule has 1 rings (SSSR count). The summed E-state index contributed by atoms with van der Waals surface area (Å²) in [4.78, 5) is 0. The zero-order valence-electron chi connectivity index (χ0n) is 13.2. The molecule has 1 aliphatic rings. The Morgan fingerprint density at radius 3 is 2.14 bits per heavy atom. The zero-order chi connectivity index (χ0) is 16.4. The largest absolute Gasteiger partial charge is 0.454 e. The molecule has 6 nitrogen and oxygen atoms in total. The van der Waals surface area contributed by atoms with Crippen molar-refractivity contribution < 1.29 is 29.3 Å². The second kappa shape index (κ2) is 7.01. The molecule has 0 unspecified atom stereocenters. The summed E-state index contributed by atoms with van der Waals surface area (Å²) >= 11 is 0. The number of aliphatic hydroxyl groups is 4. The summed E-state index contributed by atoms with van der Waals surface area (Å²) in [5, 5.41) is 39.2. The molecule has 124 valence electrons. The van der Waals surface area contributed by atoms with Crippen molar-refractivity contribution in [1.82, 2.24) is 0 Å². The van der Waals surface area contributed by atoms with Gasteiger partial charge < -0.3 is 29.3 Å². The third kappa shape index (κ3) is 4.46. The maximum atomic E-state index is 10.2. The molecule has 0 aromatic rings. The highest BCUT2D eigenvalue weighted by molar-refractivity contribution is 6.85. The van der Waals surface area contributed by atoms with E-state index in [0.717, 1.165) is 6.04 Å². The molecule has 0 amide bonds. The van der Waals surface area contributed by atoms with Crippen LogP contribution in [0.25, 0.3) is 0 Å². The van der Waals surface area contributed by atoms with Gasteiger partial charge in [-0.15, -0.1) is 6.58 Å². The van der Waals surface area contributed by atoms with Gasteiger partial charge in [0.1, 0.15) is 30.1 Å². The predicted octanol–water partition coefficient (Wildman–Crippen LogP) is -0.0192. The number of hydrogen-bond donors (Lipinski definition) is 4. The van der Waals surface area contributed by atoms with Crippen LogP contribution < -0.4 is 0 Å². The second-order valence-electron chi connectivity index (χ2n) is 6.71. The first kappa shape index (κ1) is 19.0. The fourth-order valence-electron chi connectivity index (χ4n) is 2.84. The Bertz CT molecular complexity index is 361. The van der Waals surface area contributed by atoms with Gasteiger partial charge in [0.05, 0.1) is 6.61 Å². The van der Waals surface area contributed by atoms with Crippen LogP contribution in [0, 0.1) is 0 Å². The molecular formula is C13H28O6Si2. The van der Waals surface area contributed by atoms with Crippen molar-refractivity contribution in [3.05, 3.63) is 12.7 Å². The zero-order valence-corrected chi connectivity index (χ0v) is 15.2. The quantitative estimate of drug-likeness (QED) is 0.402. The van der Waals surface area contributed by atoms with E-state index in [0.29, 0.717) is 0 Å². The summed E-state index contributed by atoms with van der Waals surface area (Å²) in [5.74, 6) is 0. The lowest BCUT2D eigenvalue weighted by Gasteiger charge is -2.47. The molecule has 0 aromatic carbocycles. The van der Waals surface area contributed by atoms with Crippen molar-refractivity contribution in [2.75, 3.05) is 6.61 Å². The molecule has 0 bridgehead atoms. The van der Waals surface area contributed by atoms with Gasteiger partial charge in [-0.05, 0) is 32.2 Å². The lowest BCUT2D eigenvalue weighted by molar-refractivity contribution is -0.212. The summed E-state index contributed by atoms with van der Waals surface area (Å²) in [6, 6.07) is 0.779. The molecule has 5 atom stereocenters. The van der Waals surface area contributed by atoms with Crippen molar-refractivity contribution in [3.8, 4) is 0 Å². The van der Waals surface area contributed by atoms with Gasteiger partial charge in [0.2, 0.25) is 8.32 Å². The first-order valence-electron chi connectivity index (χ1n) is 7.17. The number of rotatable bonds is 6. The van der Waals surface area contributed by atoms with Crippen LogP contribution in [0.1, 0.15) is 0 Å². The summed E-state index contributed by atoms with van der Waals surface area (Å²) in [5.41, 5.74) is -0.704. The Morgan fingerprint density at radius 2 is 1.67 bits per heavy atom. The van der Waals surface area contributed by atoms with E-state index in [1.807, 2.05) is 19.2 Å². The SMILES string of the molecule is C=CC[Si](C)(C)O[Si](C)(C)[C@@H]1O[C@H](CO)[C@@H](O)[C@H](O)[C@H]1O. The Hall–Kier alpha value is -0.0662. The van der Waals surface area contributed by atoms with Crippen molar-refractivity contribution >= 4 is 16.6 Å². The van der Waals surface area contributed by atoms with E-state index in [9.17, 15) is 20.4 Å². The Labute approximate surface area is 128 Å². The molecule has 1 fully saturated rings. The summed E-state index contributed by atoms with van der Waals surface area (Å²) in [7, 11) is -4.49. The third-order valence-corrected chi connectivity index (χ3v) is 11.2. The van der Waals surface area contributed by atoms with Crippen LogP contribution >= 0.6 is 0 Å². The van der Waals surface area contributed by atoms with E-state index in [1.165, 1.54) is 0 Å². The van der Waals surface area contributed by atoms with E-state index >= 15 is 0 Å². The molecule has 0 aliphatic carbocycles. The molecule has 1 aliphatic heterocycles. The molecule has 1 saturated heterocycles. The van der Waals surface area contributed by atoms with Crippen molar-refractivity contribution in [1.29, 1.82) is 0 Å². The minimum Gasteiger partial charge on any atom is -0.454 e. The molecular weight excluding hydrogens is 308 g/mol. The Morgan fingerprint density at radius 1 is 1.10 bits per heavy atom. The second-order valence-corrected chi connectivity index (χ2v) is 15.2. The molecule has 21 heavy (non-hydrogen) atoms. The van der Waals surface area contributed by atoms with E-state index in [1.54, 1.807) is 0 Å². The van der Waals surface area contributed by atoms with Crippen molar-refractivity contribution in [2.24, 2.45) is 0 Å². The van der Waals surface area contributed by atoms with Crippen LogP contribution in [0.3, 0.4) is 0 Å². The average molecular weight is 337 g/mol. The molecule has 0 spiro atoms. The fraction of sp³-hybridized carbons (Fsp3) is 0.846. The predicted molar refractivity (Wildman–Crippen MR) is 84.8 cm³/mol. The van der Waals surface area contributed by atoms with Gasteiger partial charge in [0.25, 0.3) is 0 Å². The molecule has 0 radical (unpaired) electrons. The summed E-state index contributed by atoms with van der Waals surface area (Å²) in [6.45, 7) is 11.3. The maximum absolute atomic E-state index is 10.2. The van der Waals surface area contributed by atoms with Crippen molar-refractivity contribution in [3.63, 3.8) is 0 Å². The smallest absolute Gasteiger partial charge is 0.206 e. The number of aliphatic hydroxyl groups excluding tert-OH is 4. The number of allylic oxidation sites excluding steroid dienone is 1. The summed E-state index contributed by atoms with van der Waals surface area (Å²) < 4.78 is 11.9. The minimum absolute atomic E-state index is 0.417. The highest BCUT2D eigenvalue weighted by Crippen LogP contribution is 2.30. The highest BCUT2D eigenvalue weighted by atomic mass is 28.4.